The summed E-state index contributed by atoms with van der Waals surface area (Å²) in [5, 5.41) is 3.47. The molecule has 2 aromatic carbocycles. The molecule has 0 aliphatic carbocycles. The number of hydrogen-bond donors (Lipinski definition) is 2. The van der Waals surface area contributed by atoms with Crippen LogP contribution in [0.4, 0.5) is 11.4 Å². The van der Waals surface area contributed by atoms with Gasteiger partial charge in [0.05, 0.1) is 22.0 Å². The Bertz CT molecular complexity index is 669. The second kappa shape index (κ2) is 6.35. The van der Waals surface area contributed by atoms with Crippen LogP contribution >= 0.6 is 55.1 Å². The lowest BCUT2D eigenvalue weighted by atomic mass is 10.2. The molecule has 20 heavy (non-hydrogen) atoms. The predicted octanol–water partition coefficient (Wildman–Crippen LogP) is 5.35. The Hall–Kier alpha value is -0.750. The second-order valence-corrected chi connectivity index (χ2v) is 6.54. The molecule has 0 saturated heterocycles. The van der Waals surface area contributed by atoms with Crippen LogP contribution in [-0.4, -0.2) is 5.91 Å². The van der Waals surface area contributed by atoms with Crippen LogP contribution in [0.3, 0.4) is 0 Å². The van der Waals surface area contributed by atoms with Gasteiger partial charge in [-0.3, -0.25) is 4.79 Å². The highest BCUT2D eigenvalue weighted by Gasteiger charge is 2.15. The fourth-order valence-corrected chi connectivity index (χ4v) is 3.31. The van der Waals surface area contributed by atoms with Crippen molar-refractivity contribution in [2.75, 3.05) is 11.1 Å². The maximum Gasteiger partial charge on any atom is 0.257 e. The first-order valence-electron chi connectivity index (χ1n) is 5.39. The van der Waals surface area contributed by atoms with Crippen LogP contribution in [0.1, 0.15) is 10.4 Å². The Morgan fingerprint density at radius 3 is 2.50 bits per heavy atom. The summed E-state index contributed by atoms with van der Waals surface area (Å²) in [6, 6.07) is 8.16. The third-order valence-corrected chi connectivity index (χ3v) is 4.15. The van der Waals surface area contributed by atoms with Crippen molar-refractivity contribution in [1.82, 2.24) is 0 Å². The van der Waals surface area contributed by atoms with E-state index in [0.29, 0.717) is 25.9 Å². The Morgan fingerprint density at radius 1 is 1.15 bits per heavy atom. The van der Waals surface area contributed by atoms with Gasteiger partial charge in [-0.2, -0.15) is 0 Å². The highest BCUT2D eigenvalue weighted by atomic mass is 79.9. The Balaban J connectivity index is 2.35. The number of nitrogens with one attached hydrogen (secondary N) is 1. The Kier molecular flexibility index (Phi) is 4.96. The van der Waals surface area contributed by atoms with Crippen molar-refractivity contribution in [3.05, 3.63) is 54.9 Å². The van der Waals surface area contributed by atoms with Crippen LogP contribution in [0.25, 0.3) is 0 Å². The van der Waals surface area contributed by atoms with Crippen LogP contribution in [0, 0.1) is 0 Å². The number of carbonyl (C=O) groups excluding carboxylic acids is 1. The van der Waals surface area contributed by atoms with E-state index >= 15 is 0 Å². The van der Waals surface area contributed by atoms with Crippen LogP contribution in [-0.2, 0) is 0 Å². The van der Waals surface area contributed by atoms with Gasteiger partial charge in [0, 0.05) is 14.0 Å². The molecule has 0 spiro atoms. The average Bonchev–Trinajstić information content (AvgIpc) is 2.36. The number of nitrogen functional groups attached to an aromatic ring is 1. The van der Waals surface area contributed by atoms with Crippen molar-refractivity contribution < 1.29 is 4.79 Å². The van der Waals surface area contributed by atoms with Crippen molar-refractivity contribution in [3.8, 4) is 0 Å². The van der Waals surface area contributed by atoms with E-state index in [1.807, 2.05) is 0 Å². The van der Waals surface area contributed by atoms with E-state index in [0.717, 1.165) is 4.47 Å². The predicted molar refractivity (Wildman–Crippen MR) is 90.7 cm³/mol. The largest absolute Gasteiger partial charge is 0.397 e. The molecule has 0 aliphatic heterocycles. The van der Waals surface area contributed by atoms with Gasteiger partial charge in [-0.15, -0.1) is 0 Å². The zero-order valence-corrected chi connectivity index (χ0v) is 14.6. The zero-order chi connectivity index (χ0) is 14.9. The number of nitrogens with two attached hydrogens (primary N) is 1. The van der Waals surface area contributed by atoms with Gasteiger partial charge in [0.25, 0.3) is 5.91 Å². The third kappa shape index (κ3) is 3.47. The molecule has 3 N–H and O–H groups in total. The standard InChI is InChI=1S/C13H8Br2Cl2N2O/c14-6-3-9(15)12(11(18)4-6)19-13(20)8-5-7(16)1-2-10(8)17/h1-5H,18H2,(H,19,20). The molecule has 1 amide bonds. The first-order chi connectivity index (χ1) is 9.38. The van der Waals surface area contributed by atoms with E-state index in [-0.39, 0.29) is 11.5 Å². The molecule has 3 nitrogen and oxygen atoms in total. The number of carbonyl (C=O) groups is 1. The summed E-state index contributed by atoms with van der Waals surface area (Å²) in [5.41, 5.74) is 7.08. The number of benzene rings is 2. The van der Waals surface area contributed by atoms with Gasteiger partial charge >= 0.3 is 0 Å². The first-order valence-corrected chi connectivity index (χ1v) is 7.73. The molecule has 2 aromatic rings. The topological polar surface area (TPSA) is 55.1 Å². The van der Waals surface area contributed by atoms with Gasteiger partial charge in [-0.05, 0) is 46.3 Å². The van der Waals surface area contributed by atoms with Crippen molar-refractivity contribution in [2.24, 2.45) is 0 Å². The lowest BCUT2D eigenvalue weighted by Gasteiger charge is -2.12. The minimum atomic E-state index is -0.382. The van der Waals surface area contributed by atoms with Crippen molar-refractivity contribution in [2.45, 2.75) is 0 Å². The number of anilines is 2. The summed E-state index contributed by atoms with van der Waals surface area (Å²) >= 11 is 18.5. The third-order valence-electron chi connectivity index (χ3n) is 2.50. The molecular formula is C13H8Br2Cl2N2O. The van der Waals surface area contributed by atoms with E-state index in [4.69, 9.17) is 28.9 Å². The zero-order valence-electron chi connectivity index (χ0n) is 9.88. The van der Waals surface area contributed by atoms with Crippen LogP contribution in [0.5, 0.6) is 0 Å². The molecule has 0 heterocycles. The molecular weight excluding hydrogens is 431 g/mol. The minimum absolute atomic E-state index is 0.286. The molecule has 0 atom stereocenters. The maximum atomic E-state index is 12.2. The number of rotatable bonds is 2. The Labute approximate surface area is 142 Å². The number of hydrogen-bond acceptors (Lipinski definition) is 2. The summed E-state index contributed by atoms with van der Waals surface area (Å²) in [7, 11) is 0. The van der Waals surface area contributed by atoms with E-state index in [9.17, 15) is 4.79 Å². The molecule has 0 unspecified atom stereocenters. The molecule has 0 radical (unpaired) electrons. The van der Waals surface area contributed by atoms with Crippen molar-refractivity contribution in [3.63, 3.8) is 0 Å². The quantitative estimate of drug-likeness (QED) is 0.621. The second-order valence-electron chi connectivity index (χ2n) is 3.93. The van der Waals surface area contributed by atoms with E-state index in [1.165, 1.54) is 6.07 Å². The SMILES string of the molecule is Nc1cc(Br)cc(Br)c1NC(=O)c1cc(Cl)ccc1Cl. The Morgan fingerprint density at radius 2 is 1.85 bits per heavy atom. The fraction of sp³-hybridized carbons (Fsp3) is 0. The molecule has 0 aromatic heterocycles. The molecule has 2 rings (SSSR count). The lowest BCUT2D eigenvalue weighted by Crippen LogP contribution is -2.14. The summed E-state index contributed by atoms with van der Waals surface area (Å²) in [5.74, 6) is -0.382. The molecule has 7 heteroatoms. The van der Waals surface area contributed by atoms with E-state index in [2.05, 4.69) is 37.2 Å². The van der Waals surface area contributed by atoms with Gasteiger partial charge in [0.2, 0.25) is 0 Å². The normalized spacial score (nSPS) is 10.4. The monoisotopic (exact) mass is 436 g/mol. The van der Waals surface area contributed by atoms with Crippen LogP contribution in [0.15, 0.2) is 39.3 Å². The van der Waals surface area contributed by atoms with Gasteiger partial charge in [0.1, 0.15) is 0 Å². The summed E-state index contributed by atoms with van der Waals surface area (Å²) in [4.78, 5) is 12.2. The molecule has 0 bridgehead atoms. The average molecular weight is 439 g/mol. The van der Waals surface area contributed by atoms with Gasteiger partial charge in [-0.1, -0.05) is 39.1 Å². The van der Waals surface area contributed by atoms with E-state index < -0.39 is 0 Å². The molecule has 104 valence electrons. The van der Waals surface area contributed by atoms with Gasteiger partial charge < -0.3 is 11.1 Å². The number of amides is 1. The van der Waals surface area contributed by atoms with Crippen LogP contribution < -0.4 is 11.1 Å². The van der Waals surface area contributed by atoms with Gasteiger partial charge in [0.15, 0.2) is 0 Å². The minimum Gasteiger partial charge on any atom is -0.397 e. The lowest BCUT2D eigenvalue weighted by molar-refractivity contribution is 0.102. The molecule has 0 aliphatic rings. The van der Waals surface area contributed by atoms with Crippen molar-refractivity contribution >= 4 is 72.3 Å². The highest BCUT2D eigenvalue weighted by molar-refractivity contribution is 9.11. The van der Waals surface area contributed by atoms with Crippen molar-refractivity contribution in [1.29, 1.82) is 0 Å². The summed E-state index contributed by atoms with van der Waals surface area (Å²) in [6.07, 6.45) is 0. The number of halogens is 4. The fourth-order valence-electron chi connectivity index (χ4n) is 1.58. The highest BCUT2D eigenvalue weighted by Crippen LogP contribution is 2.33. The molecule has 0 fully saturated rings. The first kappa shape index (κ1) is 15.6. The molecule has 0 saturated carbocycles. The van der Waals surface area contributed by atoms with Crippen LogP contribution in [0.2, 0.25) is 10.0 Å². The summed E-state index contributed by atoms with van der Waals surface area (Å²) in [6.45, 7) is 0. The van der Waals surface area contributed by atoms with Gasteiger partial charge in [-0.25, -0.2) is 0 Å². The maximum absolute atomic E-state index is 12.2. The smallest absolute Gasteiger partial charge is 0.257 e. The summed E-state index contributed by atoms with van der Waals surface area (Å²) < 4.78 is 1.47. The van der Waals surface area contributed by atoms with E-state index in [1.54, 1.807) is 24.3 Å².